The van der Waals surface area contributed by atoms with Crippen LogP contribution in [-0.4, -0.2) is 21.3 Å². The molecule has 2 rings (SSSR count). The molecule has 1 aromatic rings. The monoisotopic (exact) mass is 322 g/mol. The summed E-state index contributed by atoms with van der Waals surface area (Å²) in [7, 11) is -3.62. The molecule has 0 bridgehead atoms. The summed E-state index contributed by atoms with van der Waals surface area (Å²) in [5.74, 6) is 0. The van der Waals surface area contributed by atoms with Gasteiger partial charge in [0.05, 0.1) is 18.4 Å². The van der Waals surface area contributed by atoms with Crippen LogP contribution >= 0.6 is 0 Å². The van der Waals surface area contributed by atoms with E-state index in [-0.39, 0.29) is 6.61 Å². The van der Waals surface area contributed by atoms with E-state index >= 15 is 0 Å². The van der Waals surface area contributed by atoms with Crippen LogP contribution in [0.3, 0.4) is 0 Å². The third-order valence-corrected chi connectivity index (χ3v) is 4.46. The van der Waals surface area contributed by atoms with Crippen molar-refractivity contribution in [2.24, 2.45) is 0 Å². The molecule has 0 spiro atoms. The summed E-state index contributed by atoms with van der Waals surface area (Å²) in [6, 6.07) is 5.10. The molecule has 0 atom stereocenters. The van der Waals surface area contributed by atoms with Crippen molar-refractivity contribution < 1.29 is 25.8 Å². The van der Waals surface area contributed by atoms with Crippen LogP contribution in [0, 0.1) is 0 Å². The number of halogens is 3. The Balaban J connectivity index is 2.34. The molecule has 0 aromatic heterocycles. The van der Waals surface area contributed by atoms with E-state index in [1.807, 2.05) is 0 Å². The molecule has 7 heteroatoms. The molecule has 3 nitrogen and oxygen atoms in total. The summed E-state index contributed by atoms with van der Waals surface area (Å²) < 4.78 is 65.7. The highest BCUT2D eigenvalue weighted by Crippen LogP contribution is 2.43. The maximum absolute atomic E-state index is 12.8. The Bertz CT molecular complexity index is 602. The highest BCUT2D eigenvalue weighted by atomic mass is 32.2. The van der Waals surface area contributed by atoms with Gasteiger partial charge in [0.2, 0.25) is 0 Å². The van der Waals surface area contributed by atoms with Crippen LogP contribution in [-0.2, 0) is 25.9 Å². The van der Waals surface area contributed by atoms with Gasteiger partial charge in [0.15, 0.2) is 0 Å². The second-order valence-corrected chi connectivity index (χ2v) is 7.18. The Morgan fingerprint density at radius 3 is 2.38 bits per heavy atom. The molecule has 1 aliphatic rings. The second kappa shape index (κ2) is 5.61. The van der Waals surface area contributed by atoms with Gasteiger partial charge < -0.3 is 0 Å². The first-order valence-corrected chi connectivity index (χ1v) is 8.46. The fraction of sp³-hybridized carbons (Fsp3) is 0.571. The zero-order chi connectivity index (χ0) is 15.7. The first kappa shape index (κ1) is 16.3. The van der Waals surface area contributed by atoms with Gasteiger partial charge in [-0.05, 0) is 24.5 Å². The number of rotatable bonds is 4. The van der Waals surface area contributed by atoms with Crippen molar-refractivity contribution in [1.29, 1.82) is 0 Å². The van der Waals surface area contributed by atoms with Crippen molar-refractivity contribution in [3.8, 4) is 0 Å². The van der Waals surface area contributed by atoms with Gasteiger partial charge >= 0.3 is 6.18 Å². The van der Waals surface area contributed by atoms with Crippen LogP contribution in [0.15, 0.2) is 24.3 Å². The summed E-state index contributed by atoms with van der Waals surface area (Å²) in [6.07, 6.45) is -0.504. The van der Waals surface area contributed by atoms with Crippen molar-refractivity contribution in [1.82, 2.24) is 0 Å². The number of benzene rings is 1. The van der Waals surface area contributed by atoms with Gasteiger partial charge in [-0.1, -0.05) is 31.0 Å². The Labute approximate surface area is 122 Å². The molecule has 1 saturated carbocycles. The molecular weight excluding hydrogens is 305 g/mol. The molecule has 0 heterocycles. The highest BCUT2D eigenvalue weighted by molar-refractivity contribution is 7.85. The van der Waals surface area contributed by atoms with Crippen LogP contribution in [0.1, 0.15) is 36.8 Å². The van der Waals surface area contributed by atoms with Crippen molar-refractivity contribution in [3.05, 3.63) is 35.4 Å². The van der Waals surface area contributed by atoms with Gasteiger partial charge in [0.25, 0.3) is 10.1 Å². The summed E-state index contributed by atoms with van der Waals surface area (Å²) in [4.78, 5) is 0. The smallest absolute Gasteiger partial charge is 0.269 e. The lowest BCUT2D eigenvalue weighted by molar-refractivity contribution is -0.137. The predicted molar refractivity (Wildman–Crippen MR) is 72.4 cm³/mol. The fourth-order valence-corrected chi connectivity index (χ4v) is 3.25. The number of hydrogen-bond donors (Lipinski definition) is 0. The average Bonchev–Trinajstić information content (AvgIpc) is 2.85. The maximum atomic E-state index is 12.8. The van der Waals surface area contributed by atoms with Crippen molar-refractivity contribution >= 4 is 10.1 Å². The van der Waals surface area contributed by atoms with Crippen LogP contribution < -0.4 is 0 Å². The van der Waals surface area contributed by atoms with E-state index in [1.54, 1.807) is 6.07 Å². The predicted octanol–water partition coefficient (Wildman–Crippen LogP) is 3.49. The summed E-state index contributed by atoms with van der Waals surface area (Å²) >= 11 is 0. The molecule has 0 unspecified atom stereocenters. The topological polar surface area (TPSA) is 43.4 Å². The molecule has 0 aliphatic heterocycles. The quantitative estimate of drug-likeness (QED) is 0.797. The van der Waals surface area contributed by atoms with Gasteiger partial charge in [0, 0.05) is 5.41 Å². The molecule has 0 radical (unpaired) electrons. The lowest BCUT2D eigenvalue weighted by Crippen LogP contribution is -2.30. The molecule has 0 N–H and O–H groups in total. The van der Waals surface area contributed by atoms with E-state index < -0.39 is 27.3 Å². The normalized spacial score (nSPS) is 18.9. The van der Waals surface area contributed by atoms with Gasteiger partial charge in [-0.25, -0.2) is 0 Å². The van der Waals surface area contributed by atoms with Gasteiger partial charge in [-0.15, -0.1) is 0 Å². The minimum Gasteiger partial charge on any atom is -0.269 e. The first-order valence-electron chi connectivity index (χ1n) is 6.65. The van der Waals surface area contributed by atoms with Gasteiger partial charge in [-0.3, -0.25) is 4.18 Å². The number of alkyl halides is 3. The minimum atomic E-state index is -4.41. The molecule has 118 valence electrons. The minimum absolute atomic E-state index is 0.104. The third-order valence-electron chi connectivity index (χ3n) is 3.91. The Morgan fingerprint density at radius 2 is 1.86 bits per heavy atom. The van der Waals surface area contributed by atoms with E-state index in [1.165, 1.54) is 6.07 Å². The van der Waals surface area contributed by atoms with Crippen molar-refractivity contribution in [2.75, 3.05) is 12.9 Å². The van der Waals surface area contributed by atoms with Crippen LogP contribution in [0.25, 0.3) is 0 Å². The number of hydrogen-bond acceptors (Lipinski definition) is 3. The molecule has 0 saturated heterocycles. The van der Waals surface area contributed by atoms with E-state index in [9.17, 15) is 21.6 Å². The van der Waals surface area contributed by atoms with Crippen molar-refractivity contribution in [2.45, 2.75) is 37.3 Å². The lowest BCUT2D eigenvalue weighted by Gasteiger charge is -2.29. The summed E-state index contributed by atoms with van der Waals surface area (Å²) in [5, 5.41) is 0. The molecule has 21 heavy (non-hydrogen) atoms. The SMILES string of the molecule is CS(=O)(=O)OCC1(c2cccc(C(F)(F)F)c2)CCCC1. The van der Waals surface area contributed by atoms with Crippen LogP contribution in [0.4, 0.5) is 13.2 Å². The molecule has 1 fully saturated rings. The zero-order valence-corrected chi connectivity index (χ0v) is 12.4. The Morgan fingerprint density at radius 1 is 1.24 bits per heavy atom. The van der Waals surface area contributed by atoms with Gasteiger partial charge in [0.1, 0.15) is 0 Å². The highest BCUT2D eigenvalue weighted by Gasteiger charge is 2.39. The zero-order valence-electron chi connectivity index (χ0n) is 11.6. The van der Waals surface area contributed by atoms with Crippen LogP contribution in [0.2, 0.25) is 0 Å². The third kappa shape index (κ3) is 3.97. The van der Waals surface area contributed by atoms with Crippen molar-refractivity contribution in [3.63, 3.8) is 0 Å². The molecule has 1 aliphatic carbocycles. The largest absolute Gasteiger partial charge is 0.416 e. The van der Waals surface area contributed by atoms with Gasteiger partial charge in [-0.2, -0.15) is 21.6 Å². The first-order chi connectivity index (χ1) is 9.62. The molecular formula is C14H17F3O3S. The molecule has 1 aromatic carbocycles. The Kier molecular flexibility index (Phi) is 4.35. The van der Waals surface area contributed by atoms with E-state index in [0.717, 1.165) is 31.2 Å². The molecule has 0 amide bonds. The van der Waals surface area contributed by atoms with E-state index in [0.29, 0.717) is 18.4 Å². The van der Waals surface area contributed by atoms with E-state index in [4.69, 9.17) is 4.18 Å². The standard InChI is InChI=1S/C14H17F3O3S/c1-21(18,19)20-10-13(7-2-3-8-13)11-5-4-6-12(9-11)14(15,16)17/h4-6,9H,2-3,7-8,10H2,1H3. The summed E-state index contributed by atoms with van der Waals surface area (Å²) in [6.45, 7) is -0.104. The average molecular weight is 322 g/mol. The Hall–Kier alpha value is -1.08. The van der Waals surface area contributed by atoms with Crippen LogP contribution in [0.5, 0.6) is 0 Å². The summed E-state index contributed by atoms with van der Waals surface area (Å²) in [5.41, 5.74) is -0.867. The van der Waals surface area contributed by atoms with E-state index in [2.05, 4.69) is 0 Å². The lowest BCUT2D eigenvalue weighted by atomic mass is 9.79. The fourth-order valence-electron chi connectivity index (χ4n) is 2.81. The second-order valence-electron chi connectivity index (χ2n) is 5.53. The maximum Gasteiger partial charge on any atom is 0.416 e.